The number of aryl methyl sites for hydroxylation is 1. The molecule has 0 fully saturated rings. The van der Waals surface area contributed by atoms with Crippen LogP contribution >= 0.6 is 22.9 Å². The van der Waals surface area contributed by atoms with Crippen LogP contribution < -0.4 is 4.90 Å². The van der Waals surface area contributed by atoms with Crippen LogP contribution in [0.15, 0.2) is 29.6 Å². The monoisotopic (exact) mass is 278 g/mol. The first-order chi connectivity index (χ1) is 8.88. The summed E-state index contributed by atoms with van der Waals surface area (Å²) < 4.78 is 0. The summed E-state index contributed by atoms with van der Waals surface area (Å²) in [6.07, 6.45) is 3.63. The molecule has 1 aliphatic rings. The number of halogens is 1. The van der Waals surface area contributed by atoms with Gasteiger partial charge in [0, 0.05) is 17.6 Å². The maximum atomic E-state index is 5.84. The number of rotatable bonds is 2. The lowest BCUT2D eigenvalue weighted by Crippen LogP contribution is -2.17. The number of thiazole rings is 1. The predicted molar refractivity (Wildman–Crippen MR) is 78.1 cm³/mol. The maximum Gasteiger partial charge on any atom is 0.190 e. The van der Waals surface area contributed by atoms with E-state index in [1.807, 2.05) is 0 Å². The van der Waals surface area contributed by atoms with Gasteiger partial charge >= 0.3 is 0 Å². The molecule has 1 aromatic carbocycles. The van der Waals surface area contributed by atoms with E-state index in [0.717, 1.165) is 17.4 Å². The first-order valence-corrected chi connectivity index (χ1v) is 7.66. The SMILES string of the molecule is ClCc1csc(N2CCCCc3ccccc32)n1. The zero-order chi connectivity index (χ0) is 12.4. The molecule has 0 radical (unpaired) electrons. The predicted octanol–water partition coefficient (Wildman–Crippen LogP) is 4.36. The molecule has 94 valence electrons. The topological polar surface area (TPSA) is 16.1 Å². The van der Waals surface area contributed by atoms with E-state index in [1.165, 1.54) is 30.5 Å². The molecule has 0 atom stereocenters. The average molecular weight is 279 g/mol. The molecular weight excluding hydrogens is 264 g/mol. The van der Waals surface area contributed by atoms with Crippen LogP contribution in [0.4, 0.5) is 10.8 Å². The van der Waals surface area contributed by atoms with Crippen LogP contribution in [0.25, 0.3) is 0 Å². The van der Waals surface area contributed by atoms with Crippen molar-refractivity contribution in [3.8, 4) is 0 Å². The lowest BCUT2D eigenvalue weighted by molar-refractivity contribution is 0.760. The van der Waals surface area contributed by atoms with Crippen molar-refractivity contribution < 1.29 is 0 Å². The summed E-state index contributed by atoms with van der Waals surface area (Å²) in [5, 5.41) is 3.12. The standard InChI is InChI=1S/C14H15ClN2S/c15-9-12-10-18-14(16-12)17-8-4-3-6-11-5-1-2-7-13(11)17/h1-2,5,7,10H,3-4,6,8-9H2. The number of para-hydroxylation sites is 1. The van der Waals surface area contributed by atoms with Gasteiger partial charge in [-0.3, -0.25) is 0 Å². The van der Waals surface area contributed by atoms with Crippen LogP contribution in [0, 0.1) is 0 Å². The summed E-state index contributed by atoms with van der Waals surface area (Å²) in [6.45, 7) is 1.05. The van der Waals surface area contributed by atoms with Gasteiger partial charge in [0.15, 0.2) is 5.13 Å². The molecule has 3 rings (SSSR count). The van der Waals surface area contributed by atoms with Gasteiger partial charge in [0.05, 0.1) is 11.6 Å². The maximum absolute atomic E-state index is 5.84. The highest BCUT2D eigenvalue weighted by Gasteiger charge is 2.18. The normalized spacial score (nSPS) is 15.3. The number of aromatic nitrogens is 1. The number of fused-ring (bicyclic) bond motifs is 1. The highest BCUT2D eigenvalue weighted by molar-refractivity contribution is 7.13. The van der Waals surface area contributed by atoms with Gasteiger partial charge in [-0.25, -0.2) is 4.98 Å². The Bertz CT molecular complexity index is 538. The van der Waals surface area contributed by atoms with Crippen molar-refractivity contribution in [2.45, 2.75) is 25.1 Å². The van der Waals surface area contributed by atoms with Crippen molar-refractivity contribution in [1.29, 1.82) is 0 Å². The van der Waals surface area contributed by atoms with Gasteiger partial charge in [0.25, 0.3) is 0 Å². The van der Waals surface area contributed by atoms with Crippen molar-refractivity contribution in [3.05, 3.63) is 40.9 Å². The van der Waals surface area contributed by atoms with Gasteiger partial charge < -0.3 is 4.90 Å². The molecule has 0 saturated carbocycles. The number of alkyl halides is 1. The van der Waals surface area contributed by atoms with Crippen molar-refractivity contribution in [2.75, 3.05) is 11.4 Å². The minimum absolute atomic E-state index is 0.492. The van der Waals surface area contributed by atoms with Gasteiger partial charge in [-0.05, 0) is 30.9 Å². The highest BCUT2D eigenvalue weighted by atomic mass is 35.5. The van der Waals surface area contributed by atoms with Crippen LogP contribution in [0.3, 0.4) is 0 Å². The Balaban J connectivity index is 2.00. The molecule has 2 nitrogen and oxygen atoms in total. The molecule has 1 aromatic heterocycles. The number of anilines is 2. The third kappa shape index (κ3) is 2.25. The van der Waals surface area contributed by atoms with Gasteiger partial charge in [-0.15, -0.1) is 22.9 Å². The Hall–Kier alpha value is -1.06. The summed E-state index contributed by atoms with van der Waals surface area (Å²) >= 11 is 7.52. The lowest BCUT2D eigenvalue weighted by atomic mass is 10.1. The van der Waals surface area contributed by atoms with Crippen molar-refractivity contribution in [2.24, 2.45) is 0 Å². The van der Waals surface area contributed by atoms with Crippen LogP contribution in [0.5, 0.6) is 0 Å². The van der Waals surface area contributed by atoms with E-state index in [0.29, 0.717) is 5.88 Å². The Morgan fingerprint density at radius 3 is 3.00 bits per heavy atom. The Kier molecular flexibility index (Phi) is 3.52. The van der Waals surface area contributed by atoms with Crippen molar-refractivity contribution >= 4 is 33.8 Å². The average Bonchev–Trinajstić information content (AvgIpc) is 2.78. The van der Waals surface area contributed by atoms with E-state index >= 15 is 0 Å². The van der Waals surface area contributed by atoms with Crippen LogP contribution in [-0.2, 0) is 12.3 Å². The third-order valence-corrected chi connectivity index (χ3v) is 4.45. The largest absolute Gasteiger partial charge is 0.318 e. The second-order valence-electron chi connectivity index (χ2n) is 4.49. The minimum atomic E-state index is 0.492. The zero-order valence-electron chi connectivity index (χ0n) is 10.1. The number of nitrogens with zero attached hydrogens (tertiary/aromatic N) is 2. The fraction of sp³-hybridized carbons (Fsp3) is 0.357. The second-order valence-corrected chi connectivity index (χ2v) is 5.60. The molecule has 2 aromatic rings. The summed E-state index contributed by atoms with van der Waals surface area (Å²) in [6, 6.07) is 8.65. The van der Waals surface area contributed by atoms with E-state index in [2.05, 4.69) is 39.5 Å². The van der Waals surface area contributed by atoms with Gasteiger partial charge in [0.2, 0.25) is 0 Å². The van der Waals surface area contributed by atoms with Crippen LogP contribution in [-0.4, -0.2) is 11.5 Å². The lowest BCUT2D eigenvalue weighted by Gasteiger charge is -2.21. The number of benzene rings is 1. The molecule has 1 aliphatic heterocycles. The number of hydrogen-bond acceptors (Lipinski definition) is 3. The molecule has 0 saturated heterocycles. The molecule has 2 heterocycles. The van der Waals surface area contributed by atoms with Crippen molar-refractivity contribution in [3.63, 3.8) is 0 Å². The quantitative estimate of drug-likeness (QED) is 0.759. The van der Waals surface area contributed by atoms with Gasteiger partial charge in [-0.1, -0.05) is 18.2 Å². The van der Waals surface area contributed by atoms with Crippen LogP contribution in [0.1, 0.15) is 24.1 Å². The molecule has 0 amide bonds. The molecule has 4 heteroatoms. The number of hydrogen-bond donors (Lipinski definition) is 0. The highest BCUT2D eigenvalue weighted by Crippen LogP contribution is 2.34. The van der Waals surface area contributed by atoms with E-state index in [-0.39, 0.29) is 0 Å². The molecule has 0 N–H and O–H groups in total. The third-order valence-electron chi connectivity index (χ3n) is 3.27. The summed E-state index contributed by atoms with van der Waals surface area (Å²) in [5.41, 5.74) is 3.71. The molecule has 0 unspecified atom stereocenters. The van der Waals surface area contributed by atoms with Crippen LogP contribution in [0.2, 0.25) is 0 Å². The Labute approximate surface area is 116 Å². The molecular formula is C14H15ClN2S. The van der Waals surface area contributed by atoms with E-state index in [4.69, 9.17) is 11.6 Å². The second kappa shape index (κ2) is 5.29. The molecule has 0 bridgehead atoms. The summed E-state index contributed by atoms with van der Waals surface area (Å²) in [7, 11) is 0. The Morgan fingerprint density at radius 2 is 2.17 bits per heavy atom. The Morgan fingerprint density at radius 1 is 1.28 bits per heavy atom. The fourth-order valence-corrected chi connectivity index (χ4v) is 3.46. The molecule has 0 aliphatic carbocycles. The van der Waals surface area contributed by atoms with Gasteiger partial charge in [0.1, 0.15) is 0 Å². The van der Waals surface area contributed by atoms with E-state index in [1.54, 1.807) is 11.3 Å². The fourth-order valence-electron chi connectivity index (χ4n) is 2.37. The van der Waals surface area contributed by atoms with Crippen molar-refractivity contribution in [1.82, 2.24) is 4.98 Å². The smallest absolute Gasteiger partial charge is 0.190 e. The first-order valence-electron chi connectivity index (χ1n) is 6.24. The van der Waals surface area contributed by atoms with E-state index in [9.17, 15) is 0 Å². The first kappa shape index (κ1) is 12.0. The summed E-state index contributed by atoms with van der Waals surface area (Å²) in [5.74, 6) is 0.492. The van der Waals surface area contributed by atoms with Gasteiger partial charge in [-0.2, -0.15) is 0 Å². The minimum Gasteiger partial charge on any atom is -0.318 e. The molecule has 18 heavy (non-hydrogen) atoms. The zero-order valence-corrected chi connectivity index (χ0v) is 11.7. The van der Waals surface area contributed by atoms with E-state index < -0.39 is 0 Å². The summed E-state index contributed by atoms with van der Waals surface area (Å²) in [4.78, 5) is 6.94. The molecule has 0 spiro atoms.